The standard InChI is InChI=1S/C26H37N5O4/c1-3-5-7-21(29-17-23(32)35-14-4-2)26(34)31-13-6-8-22(31)25(33)30-16-18-9-10-20-19(15-18)11-12-28-24(20)27/h9-12,15,21-22,29H,3-8,13-14,16-17H2,1-2H3,(H2,27,28)(H,30,33)/t21-,22+/m1/s1. The summed E-state index contributed by atoms with van der Waals surface area (Å²) in [5.74, 6) is -0.192. The third kappa shape index (κ3) is 7.14. The van der Waals surface area contributed by atoms with Crippen molar-refractivity contribution in [3.8, 4) is 0 Å². The van der Waals surface area contributed by atoms with Crippen molar-refractivity contribution in [2.45, 2.75) is 71.0 Å². The SMILES string of the molecule is CCCC[C@@H](NCC(=O)OCCC)C(=O)N1CCC[C@H]1C(=O)NCc1ccc2c(N)nccc2c1. The molecule has 2 amide bonds. The first-order chi connectivity index (χ1) is 16.9. The summed E-state index contributed by atoms with van der Waals surface area (Å²) in [6, 6.07) is 6.65. The molecule has 35 heavy (non-hydrogen) atoms. The van der Waals surface area contributed by atoms with Crippen molar-refractivity contribution in [3.63, 3.8) is 0 Å². The van der Waals surface area contributed by atoms with Crippen LogP contribution in [0.25, 0.3) is 10.8 Å². The molecule has 2 heterocycles. The quantitative estimate of drug-likeness (QED) is 0.396. The first-order valence-corrected chi connectivity index (χ1v) is 12.5. The highest BCUT2D eigenvalue weighted by Gasteiger charge is 2.36. The molecule has 1 aromatic heterocycles. The molecule has 2 atom stereocenters. The largest absolute Gasteiger partial charge is 0.465 e. The number of carbonyl (C=O) groups excluding carboxylic acids is 3. The van der Waals surface area contributed by atoms with E-state index in [1.54, 1.807) is 11.1 Å². The van der Waals surface area contributed by atoms with Gasteiger partial charge in [-0.15, -0.1) is 0 Å². The van der Waals surface area contributed by atoms with Crippen molar-refractivity contribution in [2.24, 2.45) is 0 Å². The predicted octanol–water partition coefficient (Wildman–Crippen LogP) is 2.53. The fraction of sp³-hybridized carbons (Fsp3) is 0.538. The maximum absolute atomic E-state index is 13.4. The molecule has 0 unspecified atom stereocenters. The summed E-state index contributed by atoms with van der Waals surface area (Å²) in [5, 5.41) is 7.89. The summed E-state index contributed by atoms with van der Waals surface area (Å²) in [7, 11) is 0. The molecule has 4 N–H and O–H groups in total. The number of anilines is 1. The Bertz CT molecular complexity index is 1030. The average molecular weight is 484 g/mol. The Morgan fingerprint density at radius 3 is 2.83 bits per heavy atom. The van der Waals surface area contributed by atoms with Gasteiger partial charge in [-0.2, -0.15) is 0 Å². The Morgan fingerprint density at radius 1 is 1.23 bits per heavy atom. The second kappa shape index (κ2) is 13.0. The lowest BCUT2D eigenvalue weighted by atomic mass is 10.1. The third-order valence-corrected chi connectivity index (χ3v) is 6.27. The number of unbranched alkanes of at least 4 members (excludes halogenated alkanes) is 1. The van der Waals surface area contributed by atoms with Gasteiger partial charge in [0.15, 0.2) is 0 Å². The van der Waals surface area contributed by atoms with E-state index in [-0.39, 0.29) is 24.3 Å². The molecule has 190 valence electrons. The number of likely N-dealkylation sites (tertiary alicyclic amines) is 1. The molecule has 1 aliphatic heterocycles. The zero-order valence-electron chi connectivity index (χ0n) is 20.7. The number of rotatable bonds is 12. The van der Waals surface area contributed by atoms with Crippen LogP contribution in [0.5, 0.6) is 0 Å². The van der Waals surface area contributed by atoms with E-state index in [1.165, 1.54) is 0 Å². The number of benzene rings is 1. The van der Waals surface area contributed by atoms with Gasteiger partial charge >= 0.3 is 5.97 Å². The number of aromatic nitrogens is 1. The summed E-state index contributed by atoms with van der Waals surface area (Å²) in [4.78, 5) is 44.1. The number of carbonyl (C=O) groups is 3. The fourth-order valence-corrected chi connectivity index (χ4v) is 4.37. The molecule has 0 radical (unpaired) electrons. The molecule has 0 saturated carbocycles. The fourth-order valence-electron chi connectivity index (χ4n) is 4.37. The van der Waals surface area contributed by atoms with Crippen LogP contribution in [0.3, 0.4) is 0 Å². The first-order valence-electron chi connectivity index (χ1n) is 12.5. The van der Waals surface area contributed by atoms with Crippen LogP contribution >= 0.6 is 0 Å². The first kappa shape index (κ1) is 26.4. The lowest BCUT2D eigenvalue weighted by Gasteiger charge is -2.28. The van der Waals surface area contributed by atoms with E-state index in [0.717, 1.165) is 42.0 Å². The Labute approximate surface area is 206 Å². The monoisotopic (exact) mass is 483 g/mol. The van der Waals surface area contributed by atoms with Gasteiger partial charge in [-0.25, -0.2) is 4.98 Å². The van der Waals surface area contributed by atoms with Crippen LogP contribution in [0.15, 0.2) is 30.5 Å². The van der Waals surface area contributed by atoms with E-state index in [9.17, 15) is 14.4 Å². The number of nitrogens with zero attached hydrogens (tertiary/aromatic N) is 2. The molecule has 9 heteroatoms. The number of pyridine rings is 1. The molecule has 1 saturated heterocycles. The Morgan fingerprint density at radius 2 is 2.06 bits per heavy atom. The van der Waals surface area contributed by atoms with Crippen molar-refractivity contribution in [1.82, 2.24) is 20.5 Å². The number of nitrogens with two attached hydrogens (primary N) is 1. The topological polar surface area (TPSA) is 127 Å². The van der Waals surface area contributed by atoms with E-state index in [2.05, 4.69) is 22.5 Å². The van der Waals surface area contributed by atoms with E-state index in [0.29, 0.717) is 38.4 Å². The number of ether oxygens (including phenoxy) is 1. The minimum atomic E-state index is -0.517. The maximum atomic E-state index is 13.4. The van der Waals surface area contributed by atoms with Crippen LogP contribution in [-0.4, -0.2) is 59.4 Å². The van der Waals surface area contributed by atoms with Gasteiger partial charge in [0.05, 0.1) is 19.2 Å². The van der Waals surface area contributed by atoms with E-state index in [4.69, 9.17) is 10.5 Å². The Kier molecular flexibility index (Phi) is 9.84. The van der Waals surface area contributed by atoms with Crippen LogP contribution < -0.4 is 16.4 Å². The minimum Gasteiger partial charge on any atom is -0.465 e. The van der Waals surface area contributed by atoms with Crippen LogP contribution in [0.2, 0.25) is 0 Å². The van der Waals surface area contributed by atoms with Crippen LogP contribution in [-0.2, 0) is 25.7 Å². The average Bonchev–Trinajstić information content (AvgIpc) is 3.36. The number of fused-ring (bicyclic) bond motifs is 1. The van der Waals surface area contributed by atoms with E-state index >= 15 is 0 Å². The lowest BCUT2D eigenvalue weighted by molar-refractivity contribution is -0.144. The number of amides is 2. The van der Waals surface area contributed by atoms with Gasteiger partial charge in [-0.05, 0) is 48.8 Å². The molecule has 3 rings (SSSR count). The highest BCUT2D eigenvalue weighted by Crippen LogP contribution is 2.22. The Hall–Kier alpha value is -3.20. The van der Waals surface area contributed by atoms with Gasteiger partial charge < -0.3 is 20.7 Å². The zero-order chi connectivity index (χ0) is 25.2. The van der Waals surface area contributed by atoms with Crippen molar-refractivity contribution in [1.29, 1.82) is 0 Å². The summed E-state index contributed by atoms with van der Waals surface area (Å²) in [6.45, 7) is 5.22. The molecule has 1 aromatic carbocycles. The molecule has 0 bridgehead atoms. The van der Waals surface area contributed by atoms with Gasteiger partial charge in [0.1, 0.15) is 11.9 Å². The lowest BCUT2D eigenvalue weighted by Crippen LogP contribution is -2.53. The van der Waals surface area contributed by atoms with Gasteiger partial charge in [-0.1, -0.05) is 38.8 Å². The summed E-state index contributed by atoms with van der Waals surface area (Å²) < 4.78 is 5.12. The number of nitrogens with one attached hydrogen (secondary N) is 2. The van der Waals surface area contributed by atoms with Gasteiger partial charge in [0.2, 0.25) is 11.8 Å². The molecule has 1 fully saturated rings. The predicted molar refractivity (Wildman–Crippen MR) is 135 cm³/mol. The number of hydrogen-bond donors (Lipinski definition) is 3. The maximum Gasteiger partial charge on any atom is 0.319 e. The van der Waals surface area contributed by atoms with Crippen molar-refractivity contribution >= 4 is 34.4 Å². The summed E-state index contributed by atoms with van der Waals surface area (Å²) in [5.41, 5.74) is 6.86. The van der Waals surface area contributed by atoms with Gasteiger partial charge in [0.25, 0.3) is 0 Å². The van der Waals surface area contributed by atoms with Crippen LogP contribution in [0.1, 0.15) is 57.9 Å². The normalized spacial score (nSPS) is 16.3. The molecule has 0 spiro atoms. The molecular weight excluding hydrogens is 446 g/mol. The molecular formula is C26H37N5O4. The highest BCUT2D eigenvalue weighted by atomic mass is 16.5. The number of hydrogen-bond acceptors (Lipinski definition) is 7. The molecule has 2 aromatic rings. The van der Waals surface area contributed by atoms with Crippen LogP contribution in [0.4, 0.5) is 5.82 Å². The van der Waals surface area contributed by atoms with Crippen molar-refractivity contribution in [3.05, 3.63) is 36.0 Å². The molecule has 0 aliphatic carbocycles. The second-order valence-electron chi connectivity index (χ2n) is 8.96. The van der Waals surface area contributed by atoms with E-state index < -0.39 is 12.1 Å². The summed E-state index contributed by atoms with van der Waals surface area (Å²) >= 11 is 0. The number of esters is 1. The molecule has 9 nitrogen and oxygen atoms in total. The van der Waals surface area contributed by atoms with Crippen molar-refractivity contribution < 1.29 is 19.1 Å². The number of nitrogen functional groups attached to an aromatic ring is 1. The Balaban J connectivity index is 1.60. The van der Waals surface area contributed by atoms with Gasteiger partial charge in [0, 0.05) is 24.7 Å². The second-order valence-corrected chi connectivity index (χ2v) is 8.96. The zero-order valence-corrected chi connectivity index (χ0v) is 20.7. The third-order valence-electron chi connectivity index (χ3n) is 6.27. The minimum absolute atomic E-state index is 0.0210. The van der Waals surface area contributed by atoms with Crippen LogP contribution in [0, 0.1) is 0 Å². The smallest absolute Gasteiger partial charge is 0.319 e. The summed E-state index contributed by atoms with van der Waals surface area (Å²) in [6.07, 6.45) is 6.19. The van der Waals surface area contributed by atoms with Gasteiger partial charge in [-0.3, -0.25) is 19.7 Å². The van der Waals surface area contributed by atoms with E-state index in [1.807, 2.05) is 31.2 Å². The molecule has 1 aliphatic rings. The highest BCUT2D eigenvalue weighted by molar-refractivity contribution is 5.92. The van der Waals surface area contributed by atoms with Crippen molar-refractivity contribution in [2.75, 3.05) is 25.4 Å².